The van der Waals surface area contributed by atoms with E-state index in [1.54, 1.807) is 0 Å². The van der Waals surface area contributed by atoms with Crippen LogP contribution in [0, 0.1) is 10.8 Å². The van der Waals surface area contributed by atoms with Crippen LogP contribution in [0.2, 0.25) is 0 Å². The molecule has 6 heteroatoms. The zero-order chi connectivity index (χ0) is 14.8. The maximum absolute atomic E-state index is 5.62. The van der Waals surface area contributed by atoms with E-state index < -0.39 is 0 Å². The summed E-state index contributed by atoms with van der Waals surface area (Å²) >= 11 is 0. The van der Waals surface area contributed by atoms with E-state index in [1.807, 2.05) is 0 Å². The number of nitrogens with zero attached hydrogens (tertiary/aromatic N) is 2. The van der Waals surface area contributed by atoms with Crippen molar-refractivity contribution in [3.05, 3.63) is 0 Å². The lowest BCUT2D eigenvalue weighted by atomic mass is 9.87. The Morgan fingerprint density at radius 3 is 2.59 bits per heavy atom. The lowest BCUT2D eigenvalue weighted by Crippen LogP contribution is -2.42. The van der Waals surface area contributed by atoms with E-state index in [2.05, 4.69) is 24.1 Å². The molecule has 0 saturated carbocycles. The lowest BCUT2D eigenvalue weighted by Gasteiger charge is -2.26. The summed E-state index contributed by atoms with van der Waals surface area (Å²) in [5, 5.41) is 3.47. The smallest absolute Gasteiger partial charge is 0.193 e. The fraction of sp³-hybridized carbons (Fsp3) is 0.938. The molecular weight excluding hydrogens is 393 g/mol. The summed E-state index contributed by atoms with van der Waals surface area (Å²) < 4.78 is 11.2. The second-order valence-electron chi connectivity index (χ2n) is 7.26. The topological polar surface area (TPSA) is 46.1 Å². The highest BCUT2D eigenvalue weighted by Crippen LogP contribution is 2.38. The van der Waals surface area contributed by atoms with Gasteiger partial charge in [0.25, 0.3) is 0 Å². The molecule has 3 fully saturated rings. The maximum atomic E-state index is 5.62. The SMILES string of the molecule is CCNC(=NCC1(C)CCOC1)N1CCC2(CCOC2)C1.I. The Bertz CT molecular complexity index is 391. The molecule has 128 valence electrons. The van der Waals surface area contributed by atoms with E-state index in [4.69, 9.17) is 14.5 Å². The molecule has 5 nitrogen and oxygen atoms in total. The van der Waals surface area contributed by atoms with Crippen LogP contribution in [0.3, 0.4) is 0 Å². The van der Waals surface area contributed by atoms with Gasteiger partial charge in [-0.2, -0.15) is 0 Å². The minimum Gasteiger partial charge on any atom is -0.381 e. The van der Waals surface area contributed by atoms with Crippen molar-refractivity contribution in [1.29, 1.82) is 0 Å². The van der Waals surface area contributed by atoms with Crippen LogP contribution in [-0.4, -0.2) is 63.5 Å². The van der Waals surface area contributed by atoms with Crippen LogP contribution >= 0.6 is 24.0 Å². The normalized spacial score (nSPS) is 35.2. The van der Waals surface area contributed by atoms with Crippen LogP contribution < -0.4 is 5.32 Å². The molecule has 1 spiro atoms. The van der Waals surface area contributed by atoms with Gasteiger partial charge < -0.3 is 19.7 Å². The second kappa shape index (κ2) is 7.66. The van der Waals surface area contributed by atoms with Crippen LogP contribution in [0.1, 0.15) is 33.1 Å². The minimum atomic E-state index is 0. The summed E-state index contributed by atoms with van der Waals surface area (Å²) in [5.74, 6) is 1.08. The van der Waals surface area contributed by atoms with Crippen molar-refractivity contribution < 1.29 is 9.47 Å². The molecule has 22 heavy (non-hydrogen) atoms. The van der Waals surface area contributed by atoms with Crippen LogP contribution in [0.5, 0.6) is 0 Å². The monoisotopic (exact) mass is 423 g/mol. The first-order chi connectivity index (χ1) is 10.1. The van der Waals surface area contributed by atoms with Crippen molar-refractivity contribution in [2.75, 3.05) is 52.6 Å². The predicted octanol–water partition coefficient (Wildman–Crippen LogP) is 2.11. The van der Waals surface area contributed by atoms with Crippen LogP contribution in [-0.2, 0) is 9.47 Å². The summed E-state index contributed by atoms with van der Waals surface area (Å²) in [6.07, 6.45) is 3.56. The second-order valence-corrected chi connectivity index (χ2v) is 7.26. The number of hydrogen-bond donors (Lipinski definition) is 1. The zero-order valence-electron chi connectivity index (χ0n) is 13.9. The Balaban J connectivity index is 0.00000176. The molecule has 0 radical (unpaired) electrons. The van der Waals surface area contributed by atoms with Crippen molar-refractivity contribution >= 4 is 29.9 Å². The molecule has 3 aliphatic heterocycles. The number of guanidine groups is 1. The molecule has 3 saturated heterocycles. The average Bonchev–Trinajstić information content (AvgIpc) is 3.19. The predicted molar refractivity (Wildman–Crippen MR) is 99.0 cm³/mol. The van der Waals surface area contributed by atoms with Crippen LogP contribution in [0.4, 0.5) is 0 Å². The molecule has 0 aliphatic carbocycles. The Kier molecular flexibility index (Phi) is 6.36. The average molecular weight is 423 g/mol. The van der Waals surface area contributed by atoms with E-state index >= 15 is 0 Å². The van der Waals surface area contributed by atoms with Crippen LogP contribution in [0.25, 0.3) is 0 Å². The number of aliphatic imine (C=N–C) groups is 1. The highest BCUT2D eigenvalue weighted by atomic mass is 127. The van der Waals surface area contributed by atoms with E-state index in [1.165, 1.54) is 12.8 Å². The number of likely N-dealkylation sites (tertiary alicyclic amines) is 1. The fourth-order valence-corrected chi connectivity index (χ4v) is 3.61. The van der Waals surface area contributed by atoms with Gasteiger partial charge in [-0.15, -0.1) is 24.0 Å². The molecule has 0 amide bonds. The first-order valence-electron chi connectivity index (χ1n) is 8.34. The number of rotatable bonds is 3. The van der Waals surface area contributed by atoms with Gasteiger partial charge in [0.15, 0.2) is 5.96 Å². The van der Waals surface area contributed by atoms with Crippen molar-refractivity contribution in [2.45, 2.75) is 33.1 Å². The van der Waals surface area contributed by atoms with E-state index in [-0.39, 0.29) is 29.4 Å². The first kappa shape index (κ1) is 18.3. The number of halogens is 1. The van der Waals surface area contributed by atoms with Gasteiger partial charge in [0.1, 0.15) is 0 Å². The van der Waals surface area contributed by atoms with Gasteiger partial charge in [-0.05, 0) is 26.2 Å². The van der Waals surface area contributed by atoms with Crippen LogP contribution in [0.15, 0.2) is 4.99 Å². The molecule has 0 aromatic heterocycles. The molecule has 1 N–H and O–H groups in total. The van der Waals surface area contributed by atoms with Gasteiger partial charge in [0, 0.05) is 43.7 Å². The van der Waals surface area contributed by atoms with Gasteiger partial charge in [0.2, 0.25) is 0 Å². The third kappa shape index (κ3) is 4.06. The van der Waals surface area contributed by atoms with E-state index in [9.17, 15) is 0 Å². The van der Waals surface area contributed by atoms with E-state index in [0.29, 0.717) is 5.41 Å². The molecule has 0 bridgehead atoms. The number of nitrogens with one attached hydrogen (secondary N) is 1. The summed E-state index contributed by atoms with van der Waals surface area (Å²) in [4.78, 5) is 7.34. The lowest BCUT2D eigenvalue weighted by molar-refractivity contribution is 0.156. The molecular formula is C16H30IN3O2. The first-order valence-corrected chi connectivity index (χ1v) is 8.34. The summed E-state index contributed by atoms with van der Waals surface area (Å²) in [6.45, 7) is 12.0. The molecule has 3 rings (SSSR count). The Morgan fingerprint density at radius 2 is 1.95 bits per heavy atom. The molecule has 3 aliphatic rings. The molecule has 0 aromatic carbocycles. The number of hydrogen-bond acceptors (Lipinski definition) is 3. The largest absolute Gasteiger partial charge is 0.381 e. The molecule has 0 aromatic rings. The van der Waals surface area contributed by atoms with Gasteiger partial charge in [0.05, 0.1) is 19.8 Å². The fourth-order valence-electron chi connectivity index (χ4n) is 3.61. The van der Waals surface area contributed by atoms with Gasteiger partial charge in [-0.1, -0.05) is 6.92 Å². The minimum absolute atomic E-state index is 0. The Morgan fingerprint density at radius 1 is 1.18 bits per heavy atom. The third-order valence-electron chi connectivity index (χ3n) is 5.17. The standard InChI is InChI=1S/C16H29N3O2.HI/c1-3-17-14(18-10-15(2)5-8-20-12-15)19-7-4-16(11-19)6-9-21-13-16;/h3-13H2,1-2H3,(H,17,18);1H. The van der Waals surface area contributed by atoms with Crippen molar-refractivity contribution in [3.8, 4) is 0 Å². The van der Waals surface area contributed by atoms with Gasteiger partial charge in [-0.3, -0.25) is 4.99 Å². The van der Waals surface area contributed by atoms with Gasteiger partial charge in [-0.25, -0.2) is 0 Å². The van der Waals surface area contributed by atoms with Gasteiger partial charge >= 0.3 is 0 Å². The molecule has 2 atom stereocenters. The summed E-state index contributed by atoms with van der Waals surface area (Å²) in [7, 11) is 0. The Hall–Kier alpha value is -0.0800. The quantitative estimate of drug-likeness (QED) is 0.429. The summed E-state index contributed by atoms with van der Waals surface area (Å²) in [5.41, 5.74) is 0.602. The highest BCUT2D eigenvalue weighted by molar-refractivity contribution is 14.0. The third-order valence-corrected chi connectivity index (χ3v) is 5.17. The molecule has 3 heterocycles. The van der Waals surface area contributed by atoms with Crippen molar-refractivity contribution in [3.63, 3.8) is 0 Å². The van der Waals surface area contributed by atoms with Crippen molar-refractivity contribution in [2.24, 2.45) is 15.8 Å². The molecule has 2 unspecified atom stereocenters. The number of ether oxygens (including phenoxy) is 2. The Labute approximate surface area is 151 Å². The maximum Gasteiger partial charge on any atom is 0.193 e. The van der Waals surface area contributed by atoms with E-state index in [0.717, 1.165) is 65.0 Å². The highest BCUT2D eigenvalue weighted by Gasteiger charge is 2.42. The summed E-state index contributed by atoms with van der Waals surface area (Å²) in [6, 6.07) is 0. The van der Waals surface area contributed by atoms with Crippen molar-refractivity contribution in [1.82, 2.24) is 10.2 Å². The zero-order valence-corrected chi connectivity index (χ0v) is 16.2.